The lowest BCUT2D eigenvalue weighted by Crippen LogP contribution is -2.13. The molecule has 1 heterocycles. The summed E-state index contributed by atoms with van der Waals surface area (Å²) < 4.78 is 12.4. The van der Waals surface area contributed by atoms with Crippen LogP contribution in [0, 0.1) is 5.92 Å². The van der Waals surface area contributed by atoms with E-state index in [0.29, 0.717) is 5.88 Å². The van der Waals surface area contributed by atoms with Gasteiger partial charge in [-0.3, -0.25) is 4.39 Å². The second-order valence-corrected chi connectivity index (χ2v) is 5.05. The molecule has 0 fully saturated rings. The van der Waals surface area contributed by atoms with Crippen molar-refractivity contribution < 1.29 is 4.39 Å². The van der Waals surface area contributed by atoms with E-state index in [1.807, 2.05) is 0 Å². The molecular weight excluding hydrogens is 207 g/mol. The molecule has 1 unspecified atom stereocenters. The maximum absolute atomic E-state index is 12.4. The summed E-state index contributed by atoms with van der Waals surface area (Å²) >= 11 is 7.55. The van der Waals surface area contributed by atoms with Crippen LogP contribution in [0.25, 0.3) is 0 Å². The molecule has 0 aliphatic heterocycles. The van der Waals surface area contributed by atoms with Crippen LogP contribution in [0.2, 0.25) is 0 Å². The lowest BCUT2D eigenvalue weighted by atomic mass is 9.89. The van der Waals surface area contributed by atoms with Crippen molar-refractivity contribution in [2.24, 2.45) is 5.92 Å². The highest BCUT2D eigenvalue weighted by atomic mass is 35.5. The summed E-state index contributed by atoms with van der Waals surface area (Å²) in [5.41, 5.74) is 1.34. The summed E-state index contributed by atoms with van der Waals surface area (Å²) in [6, 6.07) is 2.15. The average molecular weight is 219 g/mol. The molecule has 0 spiro atoms. The minimum Gasteiger partial charge on any atom is -0.251 e. The molecule has 0 N–H and O–H groups in total. The molecule has 0 nitrogen and oxygen atoms in total. The van der Waals surface area contributed by atoms with Crippen LogP contribution in [0.4, 0.5) is 4.39 Å². The van der Waals surface area contributed by atoms with Gasteiger partial charge in [-0.1, -0.05) is 0 Å². The van der Waals surface area contributed by atoms with E-state index in [2.05, 4.69) is 6.07 Å². The Balaban J connectivity index is 2.19. The number of halogens is 2. The summed E-state index contributed by atoms with van der Waals surface area (Å²) in [5, 5.41) is 0. The molecule has 72 valence electrons. The first-order valence-corrected chi connectivity index (χ1v) is 5.91. The van der Waals surface area contributed by atoms with Crippen molar-refractivity contribution in [1.82, 2.24) is 0 Å². The first-order chi connectivity index (χ1) is 6.33. The number of fused-ring (bicyclic) bond motifs is 1. The van der Waals surface area contributed by atoms with Gasteiger partial charge >= 0.3 is 0 Å². The molecule has 1 atom stereocenters. The first-order valence-electron chi connectivity index (χ1n) is 4.56. The van der Waals surface area contributed by atoms with Crippen molar-refractivity contribution in [2.45, 2.75) is 25.1 Å². The van der Waals surface area contributed by atoms with Gasteiger partial charge < -0.3 is 0 Å². The van der Waals surface area contributed by atoms with Crippen LogP contribution in [0.5, 0.6) is 0 Å². The molecule has 3 heteroatoms. The fourth-order valence-corrected chi connectivity index (χ4v) is 3.16. The number of hydrogen-bond donors (Lipinski definition) is 0. The Labute approximate surface area is 86.7 Å². The van der Waals surface area contributed by atoms with Gasteiger partial charge in [0.2, 0.25) is 0 Å². The molecule has 1 aromatic rings. The van der Waals surface area contributed by atoms with Crippen molar-refractivity contribution in [1.29, 1.82) is 0 Å². The Morgan fingerprint density at radius 3 is 3.15 bits per heavy atom. The van der Waals surface area contributed by atoms with Crippen LogP contribution in [0.3, 0.4) is 0 Å². The van der Waals surface area contributed by atoms with Gasteiger partial charge in [0.25, 0.3) is 0 Å². The zero-order chi connectivity index (χ0) is 9.26. The van der Waals surface area contributed by atoms with Gasteiger partial charge in [0, 0.05) is 9.75 Å². The molecule has 0 saturated carbocycles. The van der Waals surface area contributed by atoms with E-state index in [-0.39, 0.29) is 12.6 Å². The Hall–Kier alpha value is -0.0800. The van der Waals surface area contributed by atoms with Gasteiger partial charge in [-0.2, -0.15) is 0 Å². The summed E-state index contributed by atoms with van der Waals surface area (Å²) in [7, 11) is 0. The third kappa shape index (κ3) is 1.89. The number of alkyl halides is 2. The zero-order valence-corrected chi connectivity index (χ0v) is 8.93. The standard InChI is InChI=1S/C10H12ClFS/c11-5-9-4-8-3-7(6-12)1-2-10(8)13-9/h4,7H,1-3,5-6H2. The molecule has 0 bridgehead atoms. The fraction of sp³-hybridized carbons (Fsp3) is 0.600. The van der Waals surface area contributed by atoms with Crippen LogP contribution in [-0.2, 0) is 18.7 Å². The minimum atomic E-state index is -0.175. The smallest absolute Gasteiger partial charge is 0.0925 e. The summed E-state index contributed by atoms with van der Waals surface area (Å²) in [4.78, 5) is 2.66. The van der Waals surface area contributed by atoms with Gasteiger partial charge in [0.1, 0.15) is 0 Å². The minimum absolute atomic E-state index is 0.175. The van der Waals surface area contributed by atoms with Gasteiger partial charge in [0.05, 0.1) is 12.6 Å². The summed E-state index contributed by atoms with van der Waals surface area (Å²) in [5.74, 6) is 0.850. The highest BCUT2D eigenvalue weighted by Crippen LogP contribution is 2.33. The van der Waals surface area contributed by atoms with Crippen molar-refractivity contribution in [3.8, 4) is 0 Å². The average Bonchev–Trinajstić information content (AvgIpc) is 2.58. The number of rotatable bonds is 2. The predicted octanol–water partition coefficient (Wildman–Crippen LogP) is 3.56. The number of hydrogen-bond acceptors (Lipinski definition) is 1. The van der Waals surface area contributed by atoms with Crippen LogP contribution < -0.4 is 0 Å². The number of aryl methyl sites for hydroxylation is 1. The summed E-state index contributed by atoms with van der Waals surface area (Å²) in [6.45, 7) is -0.175. The van der Waals surface area contributed by atoms with Crippen LogP contribution in [-0.4, -0.2) is 6.67 Å². The van der Waals surface area contributed by atoms with Gasteiger partial charge in [-0.05, 0) is 36.8 Å². The molecule has 0 aromatic carbocycles. The van der Waals surface area contributed by atoms with E-state index < -0.39 is 0 Å². The monoisotopic (exact) mass is 218 g/mol. The molecule has 0 saturated heterocycles. The zero-order valence-electron chi connectivity index (χ0n) is 7.35. The van der Waals surface area contributed by atoms with Crippen LogP contribution in [0.15, 0.2) is 6.07 Å². The first kappa shape index (κ1) is 9.47. The van der Waals surface area contributed by atoms with E-state index in [0.717, 1.165) is 19.3 Å². The largest absolute Gasteiger partial charge is 0.251 e. The highest BCUT2D eigenvalue weighted by Gasteiger charge is 2.20. The quantitative estimate of drug-likeness (QED) is 0.666. The van der Waals surface area contributed by atoms with E-state index in [1.165, 1.54) is 15.3 Å². The van der Waals surface area contributed by atoms with Crippen molar-refractivity contribution in [3.63, 3.8) is 0 Å². The molecule has 0 amide bonds. The Morgan fingerprint density at radius 1 is 1.62 bits per heavy atom. The van der Waals surface area contributed by atoms with Crippen molar-refractivity contribution in [2.75, 3.05) is 6.67 Å². The third-order valence-corrected chi connectivity index (χ3v) is 4.27. The predicted molar refractivity (Wildman–Crippen MR) is 55.4 cm³/mol. The Kier molecular flexibility index (Phi) is 2.89. The molecule has 1 aromatic heterocycles. The molecular formula is C10H12ClFS. The van der Waals surface area contributed by atoms with Gasteiger partial charge in [-0.25, -0.2) is 0 Å². The van der Waals surface area contributed by atoms with Crippen LogP contribution in [0.1, 0.15) is 21.7 Å². The Morgan fingerprint density at radius 2 is 2.46 bits per heavy atom. The normalized spacial score (nSPS) is 21.5. The maximum Gasteiger partial charge on any atom is 0.0925 e. The molecule has 1 aliphatic carbocycles. The fourth-order valence-electron chi connectivity index (χ4n) is 1.86. The second kappa shape index (κ2) is 3.97. The molecule has 13 heavy (non-hydrogen) atoms. The highest BCUT2D eigenvalue weighted by molar-refractivity contribution is 7.12. The van der Waals surface area contributed by atoms with E-state index in [4.69, 9.17) is 11.6 Å². The molecule has 1 aliphatic rings. The third-order valence-electron chi connectivity index (χ3n) is 2.59. The van der Waals surface area contributed by atoms with Gasteiger partial charge in [-0.15, -0.1) is 22.9 Å². The lowest BCUT2D eigenvalue weighted by molar-refractivity contribution is 0.333. The Bertz CT molecular complexity index is 295. The van der Waals surface area contributed by atoms with E-state index in [9.17, 15) is 4.39 Å². The lowest BCUT2D eigenvalue weighted by Gasteiger charge is -2.18. The molecule has 2 rings (SSSR count). The summed E-state index contributed by atoms with van der Waals surface area (Å²) in [6.07, 6.45) is 2.97. The SMILES string of the molecule is FCC1CCc2sc(CCl)cc2C1. The van der Waals surface area contributed by atoms with Crippen molar-refractivity contribution in [3.05, 3.63) is 21.4 Å². The van der Waals surface area contributed by atoms with E-state index in [1.54, 1.807) is 11.3 Å². The molecule has 0 radical (unpaired) electrons. The van der Waals surface area contributed by atoms with Crippen molar-refractivity contribution >= 4 is 22.9 Å². The topological polar surface area (TPSA) is 0 Å². The second-order valence-electron chi connectivity index (χ2n) is 3.56. The van der Waals surface area contributed by atoms with Crippen LogP contribution >= 0.6 is 22.9 Å². The van der Waals surface area contributed by atoms with E-state index >= 15 is 0 Å². The van der Waals surface area contributed by atoms with Gasteiger partial charge in [0.15, 0.2) is 0 Å². The number of thiophene rings is 1. The maximum atomic E-state index is 12.4.